The highest BCUT2D eigenvalue weighted by molar-refractivity contribution is 5.89. The van der Waals surface area contributed by atoms with Gasteiger partial charge in [0.1, 0.15) is 0 Å². The Morgan fingerprint density at radius 3 is 2.69 bits per heavy atom. The summed E-state index contributed by atoms with van der Waals surface area (Å²) in [6.07, 6.45) is 0. The standard InChI is InChI=1S/C11H9NO4/c1-8-7-10(12(14)15)5-3-9(8)4-6-11(13)16-2/h3,5,7H,1-2H3. The summed E-state index contributed by atoms with van der Waals surface area (Å²) in [7, 11) is 1.24. The summed E-state index contributed by atoms with van der Waals surface area (Å²) in [6.45, 7) is 1.69. The van der Waals surface area contributed by atoms with Crippen molar-refractivity contribution in [2.75, 3.05) is 7.11 Å². The van der Waals surface area contributed by atoms with Gasteiger partial charge in [-0.1, -0.05) is 5.92 Å². The van der Waals surface area contributed by atoms with Crippen LogP contribution in [-0.4, -0.2) is 18.0 Å². The zero-order valence-corrected chi connectivity index (χ0v) is 8.81. The maximum atomic E-state index is 10.8. The summed E-state index contributed by atoms with van der Waals surface area (Å²) >= 11 is 0. The highest BCUT2D eigenvalue weighted by Crippen LogP contribution is 2.16. The molecule has 0 aromatic heterocycles. The van der Waals surface area contributed by atoms with E-state index in [-0.39, 0.29) is 5.69 Å². The maximum absolute atomic E-state index is 10.8. The van der Waals surface area contributed by atoms with Crippen molar-refractivity contribution in [1.29, 1.82) is 0 Å². The van der Waals surface area contributed by atoms with Gasteiger partial charge in [-0.3, -0.25) is 10.1 Å². The van der Waals surface area contributed by atoms with Crippen LogP contribution in [0.1, 0.15) is 11.1 Å². The lowest BCUT2D eigenvalue weighted by Crippen LogP contribution is -1.95. The fourth-order valence-electron chi connectivity index (χ4n) is 1.07. The number of hydrogen-bond acceptors (Lipinski definition) is 4. The molecule has 16 heavy (non-hydrogen) atoms. The van der Waals surface area contributed by atoms with Crippen molar-refractivity contribution < 1.29 is 14.5 Å². The first-order chi connectivity index (χ1) is 7.54. The highest BCUT2D eigenvalue weighted by Gasteiger charge is 2.06. The van der Waals surface area contributed by atoms with Crippen LogP contribution in [0.4, 0.5) is 5.69 Å². The third kappa shape index (κ3) is 2.82. The molecule has 0 saturated heterocycles. The molecule has 0 saturated carbocycles. The van der Waals surface area contributed by atoms with Gasteiger partial charge in [0.05, 0.1) is 12.0 Å². The minimum absolute atomic E-state index is 0.00104. The van der Waals surface area contributed by atoms with Crippen LogP contribution in [0.3, 0.4) is 0 Å². The molecule has 1 aromatic carbocycles. The van der Waals surface area contributed by atoms with E-state index in [1.54, 1.807) is 6.92 Å². The topological polar surface area (TPSA) is 69.4 Å². The molecular weight excluding hydrogens is 210 g/mol. The van der Waals surface area contributed by atoms with Crippen molar-refractivity contribution in [3.63, 3.8) is 0 Å². The minimum atomic E-state index is -0.641. The summed E-state index contributed by atoms with van der Waals surface area (Å²) in [6, 6.07) is 4.25. The molecule has 0 N–H and O–H groups in total. The summed E-state index contributed by atoms with van der Waals surface area (Å²) < 4.78 is 4.35. The van der Waals surface area contributed by atoms with Crippen LogP contribution >= 0.6 is 0 Å². The maximum Gasteiger partial charge on any atom is 0.384 e. The van der Waals surface area contributed by atoms with E-state index in [1.807, 2.05) is 0 Å². The number of esters is 1. The monoisotopic (exact) mass is 219 g/mol. The molecule has 0 unspecified atom stereocenters. The molecule has 0 fully saturated rings. The third-order valence-electron chi connectivity index (χ3n) is 1.91. The van der Waals surface area contributed by atoms with Crippen molar-refractivity contribution in [3.05, 3.63) is 39.4 Å². The van der Waals surface area contributed by atoms with E-state index < -0.39 is 10.9 Å². The molecule has 0 spiro atoms. The third-order valence-corrected chi connectivity index (χ3v) is 1.91. The van der Waals surface area contributed by atoms with Gasteiger partial charge >= 0.3 is 5.97 Å². The fraction of sp³-hybridized carbons (Fsp3) is 0.182. The Morgan fingerprint density at radius 2 is 2.19 bits per heavy atom. The number of carbonyl (C=O) groups is 1. The molecule has 0 heterocycles. The molecule has 1 rings (SSSR count). The normalized spacial score (nSPS) is 8.88. The van der Waals surface area contributed by atoms with Gasteiger partial charge in [0, 0.05) is 23.6 Å². The fourth-order valence-corrected chi connectivity index (χ4v) is 1.07. The Bertz CT molecular complexity index is 496. The second-order valence-corrected chi connectivity index (χ2v) is 3.00. The molecule has 5 heteroatoms. The van der Waals surface area contributed by atoms with Crippen LogP contribution < -0.4 is 0 Å². The van der Waals surface area contributed by atoms with Gasteiger partial charge < -0.3 is 4.74 Å². The van der Waals surface area contributed by atoms with E-state index >= 15 is 0 Å². The number of nitro benzene ring substituents is 1. The first kappa shape index (κ1) is 11.7. The largest absolute Gasteiger partial charge is 0.459 e. The molecule has 0 amide bonds. The molecule has 1 aromatic rings. The van der Waals surface area contributed by atoms with Crippen LogP contribution in [0.5, 0.6) is 0 Å². The SMILES string of the molecule is COC(=O)C#Cc1ccc([N+](=O)[O-])cc1C. The molecule has 0 bridgehead atoms. The zero-order chi connectivity index (χ0) is 12.1. The van der Waals surface area contributed by atoms with E-state index in [2.05, 4.69) is 16.6 Å². The first-order valence-corrected chi connectivity index (χ1v) is 4.39. The van der Waals surface area contributed by atoms with E-state index in [9.17, 15) is 14.9 Å². The average Bonchev–Trinajstić information content (AvgIpc) is 2.26. The van der Waals surface area contributed by atoms with Crippen LogP contribution in [0.25, 0.3) is 0 Å². The van der Waals surface area contributed by atoms with E-state index in [1.165, 1.54) is 25.3 Å². The van der Waals surface area contributed by atoms with E-state index in [0.29, 0.717) is 11.1 Å². The lowest BCUT2D eigenvalue weighted by molar-refractivity contribution is -0.384. The van der Waals surface area contributed by atoms with Crippen molar-refractivity contribution >= 4 is 11.7 Å². The first-order valence-electron chi connectivity index (χ1n) is 4.39. The summed E-state index contributed by atoms with van der Waals surface area (Å²) in [5.41, 5.74) is 1.21. The van der Waals surface area contributed by atoms with Crippen molar-refractivity contribution in [3.8, 4) is 11.8 Å². The molecule has 0 atom stereocenters. The molecule has 0 aliphatic carbocycles. The molecule has 0 aliphatic heterocycles. The van der Waals surface area contributed by atoms with Crippen molar-refractivity contribution in [2.24, 2.45) is 0 Å². The molecule has 82 valence electrons. The lowest BCUT2D eigenvalue weighted by Gasteiger charge is -1.97. The van der Waals surface area contributed by atoms with Crippen molar-refractivity contribution in [2.45, 2.75) is 6.92 Å². The number of rotatable bonds is 1. The van der Waals surface area contributed by atoms with E-state index in [0.717, 1.165) is 0 Å². The number of aryl methyl sites for hydroxylation is 1. The number of carbonyl (C=O) groups excluding carboxylic acids is 1. The highest BCUT2D eigenvalue weighted by atomic mass is 16.6. The Morgan fingerprint density at radius 1 is 1.50 bits per heavy atom. The number of nitro groups is 1. The molecule has 5 nitrogen and oxygen atoms in total. The van der Waals surface area contributed by atoms with Gasteiger partial charge in [0.25, 0.3) is 5.69 Å². The summed E-state index contributed by atoms with van der Waals surface area (Å²) in [4.78, 5) is 20.8. The number of non-ortho nitro benzene ring substituents is 1. The number of ether oxygens (including phenoxy) is 1. The quantitative estimate of drug-likeness (QED) is 0.310. The predicted octanol–water partition coefficient (Wildman–Crippen LogP) is 1.43. The molecular formula is C11H9NO4. The van der Waals surface area contributed by atoms with Gasteiger partial charge in [0.2, 0.25) is 0 Å². The summed E-state index contributed by atoms with van der Waals surface area (Å²) in [5, 5.41) is 10.5. The van der Waals surface area contributed by atoms with Crippen LogP contribution in [-0.2, 0) is 9.53 Å². The number of nitrogens with zero attached hydrogens (tertiary/aromatic N) is 1. The number of methoxy groups -OCH3 is 1. The van der Waals surface area contributed by atoms with Crippen LogP contribution in [0.2, 0.25) is 0 Å². The Balaban J connectivity index is 3.03. The minimum Gasteiger partial charge on any atom is -0.459 e. The lowest BCUT2D eigenvalue weighted by atomic mass is 10.1. The number of benzene rings is 1. The van der Waals surface area contributed by atoms with Gasteiger partial charge in [-0.2, -0.15) is 0 Å². The van der Waals surface area contributed by atoms with Gasteiger partial charge in [-0.05, 0) is 18.6 Å². The number of hydrogen-bond donors (Lipinski definition) is 0. The zero-order valence-electron chi connectivity index (χ0n) is 8.81. The second kappa shape index (κ2) is 4.94. The Hall–Kier alpha value is -2.35. The Labute approximate surface area is 92.2 Å². The average molecular weight is 219 g/mol. The van der Waals surface area contributed by atoms with Crippen molar-refractivity contribution in [1.82, 2.24) is 0 Å². The summed E-state index contributed by atoms with van der Waals surface area (Å²) in [5.74, 6) is 4.20. The van der Waals surface area contributed by atoms with E-state index in [4.69, 9.17) is 0 Å². The van der Waals surface area contributed by atoms with Crippen LogP contribution in [0, 0.1) is 28.9 Å². The molecule has 0 aliphatic rings. The predicted molar refractivity (Wildman–Crippen MR) is 56.7 cm³/mol. The Kier molecular flexibility index (Phi) is 3.62. The van der Waals surface area contributed by atoms with Crippen LogP contribution in [0.15, 0.2) is 18.2 Å². The second-order valence-electron chi connectivity index (χ2n) is 3.00. The smallest absolute Gasteiger partial charge is 0.384 e. The van der Waals surface area contributed by atoms with Gasteiger partial charge in [-0.15, -0.1) is 0 Å². The van der Waals surface area contributed by atoms with Gasteiger partial charge in [0.15, 0.2) is 0 Å². The molecule has 0 radical (unpaired) electrons. The van der Waals surface area contributed by atoms with Gasteiger partial charge in [-0.25, -0.2) is 4.79 Å².